The number of benzene rings is 9. The summed E-state index contributed by atoms with van der Waals surface area (Å²) in [4.78, 5) is 59.4. The topological polar surface area (TPSA) is 432 Å². The van der Waals surface area contributed by atoms with Crippen LogP contribution >= 0.6 is 0 Å². The number of hydrogen-bond donors (Lipinski definition) is 5. The Morgan fingerprint density at radius 3 is 2.09 bits per heavy atom. The molecule has 16 rings (SSSR count). The SMILES string of the molecule is C[N+]1=C(/C=C/C=C/C=C2\N(CCCCCC(=O)NCc3cn(-c4cccc(C(=O)NC(CCCCN)C(=O)COc5c(F)cc(CCC(=O)C6CCN(S(=O)(=O)c7ccccc7-c7c8ccc(=[N+]9CCc%10cc(S(=O)(=O)O)ccc%109)cc-8oc8cc(N9CCc%10ccccc%109)ccc78)CC6)cc5F)c4)nn3)c3ccccc3C2(C)C)C(C)(C)c2cc(S(=O)(=O)O)ccc21.O=S(=O)=O.O=S(=O)=O. The number of rotatable bonds is 32. The summed E-state index contributed by atoms with van der Waals surface area (Å²) in [7, 11) is -17.3. The molecule has 2 amide bonds. The highest BCUT2D eigenvalue weighted by Crippen LogP contribution is 2.50. The molecule has 0 radical (unpaired) electrons. The fourth-order valence-electron chi connectivity index (χ4n) is 18.5. The maximum absolute atomic E-state index is 15.9. The van der Waals surface area contributed by atoms with Gasteiger partial charge in [-0.3, -0.25) is 28.3 Å². The van der Waals surface area contributed by atoms with Crippen LogP contribution in [-0.2, 0) is 102 Å². The summed E-state index contributed by atoms with van der Waals surface area (Å²) in [5.74, 6) is -4.70. The number of Topliss-reactive ketones (excluding diaryl/α,β-unsaturated/α-hetero) is 2. The number of aryl methyl sites for hydroxylation is 1. The molecule has 38 heteroatoms. The van der Waals surface area contributed by atoms with Gasteiger partial charge < -0.3 is 35.3 Å². The molecule has 6 aliphatic heterocycles. The van der Waals surface area contributed by atoms with E-state index in [-0.39, 0.29) is 94.7 Å². The lowest BCUT2D eigenvalue weighted by atomic mass is 9.81. The normalized spacial score (nSPS) is 16.1. The number of ether oxygens (including phenoxy) is 1. The Labute approximate surface area is 788 Å². The van der Waals surface area contributed by atoms with Gasteiger partial charge in [0.05, 0.1) is 50.6 Å². The van der Waals surface area contributed by atoms with Crippen molar-refractivity contribution in [3.8, 4) is 33.9 Å². The Morgan fingerprint density at radius 1 is 0.669 bits per heavy atom. The predicted molar refractivity (Wildman–Crippen MR) is 505 cm³/mol. The van der Waals surface area contributed by atoms with Crippen LogP contribution in [0.2, 0.25) is 0 Å². The molecule has 1 saturated heterocycles. The number of unbranched alkanes of at least 4 members (excludes halogenated alkanes) is 3. The molecule has 1 aliphatic carbocycles. The van der Waals surface area contributed by atoms with Crippen molar-refractivity contribution in [1.29, 1.82) is 0 Å². The molecule has 1 fully saturated rings. The minimum absolute atomic E-state index is 0.0252. The third-order valence-electron chi connectivity index (χ3n) is 25.3. The van der Waals surface area contributed by atoms with Gasteiger partial charge in [0.1, 0.15) is 36.5 Å². The molecule has 6 N–H and O–H groups in total. The number of hydrogen-bond acceptors (Lipinski definition) is 23. The Bertz CT molecular complexity index is 7280. The van der Waals surface area contributed by atoms with Crippen molar-refractivity contribution in [2.45, 2.75) is 149 Å². The minimum Gasteiger partial charge on any atom is -0.480 e. The summed E-state index contributed by atoms with van der Waals surface area (Å²) in [6.07, 6.45) is 17.1. The third kappa shape index (κ3) is 22.4. The predicted octanol–water partition coefficient (Wildman–Crippen LogP) is 13.1. The number of anilines is 3. The van der Waals surface area contributed by atoms with Crippen LogP contribution in [0.4, 0.5) is 37.2 Å². The van der Waals surface area contributed by atoms with E-state index in [1.165, 1.54) is 44.4 Å². The average molecular weight is 1950 g/mol. The summed E-state index contributed by atoms with van der Waals surface area (Å²) in [5, 5.41) is 15.7. The number of carbonyl (C=O) groups excluding carboxylic acids is 4. The summed E-state index contributed by atoms with van der Waals surface area (Å²) in [5.41, 5.74) is 19.3. The van der Waals surface area contributed by atoms with E-state index in [1.807, 2.05) is 109 Å². The average Bonchev–Trinajstić information content (AvgIpc) is 1.62. The van der Waals surface area contributed by atoms with Gasteiger partial charge in [-0.1, -0.05) is 104 Å². The van der Waals surface area contributed by atoms with Crippen LogP contribution in [-0.4, -0.2) is 172 Å². The van der Waals surface area contributed by atoms with Crippen molar-refractivity contribution in [2.75, 3.05) is 62.7 Å². The van der Waals surface area contributed by atoms with Crippen LogP contribution in [0.1, 0.15) is 136 Å². The van der Waals surface area contributed by atoms with Gasteiger partial charge in [-0.25, -0.2) is 21.9 Å². The fourth-order valence-corrected chi connectivity index (χ4v) is 21.2. The molecule has 7 heterocycles. The summed E-state index contributed by atoms with van der Waals surface area (Å²) in [6.45, 7) is 10.1. The molecule has 136 heavy (non-hydrogen) atoms. The van der Waals surface area contributed by atoms with Gasteiger partial charge in [0.15, 0.2) is 35.4 Å². The molecule has 1 unspecified atom stereocenters. The molecule has 0 bridgehead atoms. The van der Waals surface area contributed by atoms with Gasteiger partial charge in [-0.05, 0) is 192 Å². The lowest BCUT2D eigenvalue weighted by molar-refractivity contribution is -0.401. The molecule has 31 nitrogen and oxygen atoms in total. The van der Waals surface area contributed by atoms with Gasteiger partial charge in [0, 0.05) is 149 Å². The van der Waals surface area contributed by atoms with Gasteiger partial charge in [0.25, 0.3) is 26.1 Å². The van der Waals surface area contributed by atoms with Crippen LogP contribution in [0.3, 0.4) is 0 Å². The highest BCUT2D eigenvalue weighted by atomic mass is 32.2. The largest absolute Gasteiger partial charge is 0.480 e. The number of nitrogens with two attached hydrogens (primary N) is 1. The first-order valence-electron chi connectivity index (χ1n) is 44.1. The van der Waals surface area contributed by atoms with Crippen molar-refractivity contribution >= 4 is 120 Å². The van der Waals surface area contributed by atoms with Crippen LogP contribution < -0.4 is 40.8 Å². The lowest BCUT2D eigenvalue weighted by Crippen LogP contribution is -2.43. The zero-order valence-corrected chi connectivity index (χ0v) is 79.1. The second-order valence-electron chi connectivity index (χ2n) is 34.6. The maximum atomic E-state index is 15.9. The molecule has 7 aliphatic rings. The number of para-hydroxylation sites is 2. The number of carbonyl (C=O) groups is 4. The van der Waals surface area contributed by atoms with E-state index in [0.29, 0.717) is 90.0 Å². The van der Waals surface area contributed by atoms with Crippen molar-refractivity contribution in [1.82, 2.24) is 34.5 Å². The second kappa shape index (κ2) is 42.1. The van der Waals surface area contributed by atoms with E-state index in [1.54, 1.807) is 66.9 Å². The maximum Gasteiger partial charge on any atom is 0.425 e. The van der Waals surface area contributed by atoms with Gasteiger partial charge >= 0.3 is 21.2 Å². The van der Waals surface area contributed by atoms with Gasteiger partial charge in [0.2, 0.25) is 32.7 Å². The number of fused-ring (bicyclic) bond motifs is 6. The van der Waals surface area contributed by atoms with E-state index >= 15 is 17.2 Å². The van der Waals surface area contributed by atoms with E-state index in [2.05, 4.69) is 81.0 Å². The van der Waals surface area contributed by atoms with E-state index in [4.69, 9.17) is 40.1 Å². The number of halogens is 2. The number of aromatic nitrogens is 3. The standard InChI is InChI=1S/C98H99F2N11O14S3.2O3S/c1-97(2)77-25-13-15-28-85(77)110(92(97)31-9-6-8-30-91-98(3,4)78-59-73(128(121,122)123)37-41-84(78)106(91)5)48-19-7-10-32-93(114)102-60-68-61-111(105-104-68)71-23-20-22-67(55-71)96(115)103-81(26-17-18-47-101)87(113)62-124-95-79(99)53-63(54-80(95)100)33-42-86(112)65-43-49-107(50-44-65)126(116,117)90-29-16-12-24-76(90)94-74-38-34-69(108-51-45-64-21-11-14-27-82(64)108)57-88(74)125-89-58-70(35-39-75(89)94)109-52-46-66-56-72(127(118,119)120)36-40-83(66)109;2*1-4(2)3/h6,8-9,11-16,20-25,27-31,34-41,53-59,61,65,81H,7,10,17-19,26,32-33,42-52,60,62,101H2,1-5H3,(H2-2,102,103,114,115,118,119,120,121,122,123);;/p+2. The highest BCUT2D eigenvalue weighted by Gasteiger charge is 2.45. The second-order valence-corrected chi connectivity index (χ2v) is 40.2. The van der Waals surface area contributed by atoms with Crippen LogP contribution in [0, 0.1) is 17.6 Å². The summed E-state index contributed by atoms with van der Waals surface area (Å²) >= 11 is 0. The quantitative estimate of drug-likeness (QED) is 0.00859. The van der Waals surface area contributed by atoms with Crippen LogP contribution in [0.15, 0.2) is 243 Å². The number of ketones is 2. The number of sulfonamides is 1. The molecule has 9 aromatic rings. The van der Waals surface area contributed by atoms with Crippen LogP contribution in [0.5, 0.6) is 5.75 Å². The molecule has 1 atom stereocenters. The first-order valence-corrected chi connectivity index (χ1v) is 50.4. The van der Waals surface area contributed by atoms with E-state index < -0.39 is 105 Å². The van der Waals surface area contributed by atoms with Crippen LogP contribution in [0.25, 0.3) is 39.1 Å². The van der Waals surface area contributed by atoms with Gasteiger partial charge in [-0.15, -0.1) is 30.4 Å². The molecular weight excluding hydrogens is 1850 g/mol. The highest BCUT2D eigenvalue weighted by molar-refractivity contribution is 7.89. The molecule has 8 aromatic carbocycles. The first kappa shape index (κ1) is 98.9. The molecule has 1 aromatic heterocycles. The molecule has 0 spiro atoms. The molecular formula is C98H101F2N11O20S5+2. The van der Waals surface area contributed by atoms with E-state index in [0.717, 1.165) is 101 Å². The Kier molecular flexibility index (Phi) is 30.6. The zero-order valence-electron chi connectivity index (χ0n) is 75.0. The third-order valence-corrected chi connectivity index (χ3v) is 29.0. The molecule has 710 valence electrons. The number of amides is 2. The summed E-state index contributed by atoms with van der Waals surface area (Å²) in [6, 6.07) is 51.7. The number of piperidine rings is 1. The van der Waals surface area contributed by atoms with Crippen molar-refractivity contribution in [2.24, 2.45) is 11.7 Å². The van der Waals surface area contributed by atoms with E-state index in [9.17, 15) is 45.1 Å². The zero-order chi connectivity index (χ0) is 97.3. The Hall–Kier alpha value is -13.1. The summed E-state index contributed by atoms with van der Waals surface area (Å²) < 4.78 is 200. The Morgan fingerprint density at radius 2 is 1.36 bits per heavy atom. The smallest absolute Gasteiger partial charge is 0.425 e. The van der Waals surface area contributed by atoms with Crippen molar-refractivity contribution in [3.05, 3.63) is 280 Å². The van der Waals surface area contributed by atoms with Crippen molar-refractivity contribution < 1.29 is 101 Å². The Balaban J connectivity index is 0.00000178. The fraction of sp³-hybridized carbons (Fsp3) is 0.306. The van der Waals surface area contributed by atoms with Gasteiger partial charge in [-0.2, -0.15) is 30.3 Å². The molecule has 0 saturated carbocycles. The monoisotopic (exact) mass is 1950 g/mol. The number of nitrogens with zero attached hydrogens (tertiary/aromatic N) is 8. The van der Waals surface area contributed by atoms with Crippen molar-refractivity contribution in [3.63, 3.8) is 0 Å². The first-order chi connectivity index (χ1) is 64.8. The minimum atomic E-state index is -4.43. The number of nitrogens with one attached hydrogen (secondary N) is 2. The number of allylic oxidation sites excluding steroid dienone is 6. The lowest BCUT2D eigenvalue weighted by Gasteiger charge is -2.31.